The van der Waals surface area contributed by atoms with Gasteiger partial charge in [0, 0.05) is 56.1 Å². The number of fused-ring (bicyclic) bond motifs is 4. The second-order valence-electron chi connectivity index (χ2n) is 31.8. The number of nitrogens with zero attached hydrogens (tertiary/aromatic N) is 4. The maximum atomic E-state index is 6.63. The Kier molecular flexibility index (Phi) is 21.2. The Hall–Kier alpha value is -14.4. The van der Waals surface area contributed by atoms with Gasteiger partial charge in [0.1, 0.15) is 28.2 Å². The van der Waals surface area contributed by atoms with Crippen LogP contribution in [-0.4, -0.2) is 38.3 Å². The highest BCUT2D eigenvalue weighted by molar-refractivity contribution is 6.62. The van der Waals surface area contributed by atoms with Crippen molar-refractivity contribution in [2.75, 3.05) is 0 Å². The third-order valence-corrected chi connectivity index (χ3v) is 24.2. The molecule has 0 N–H and O–H groups in total. The van der Waals surface area contributed by atoms with Crippen molar-refractivity contribution in [2.45, 2.75) is 49.7 Å². The average molecular weight is 1600 g/mol. The second-order valence-corrected chi connectivity index (χ2v) is 32.2. The van der Waals surface area contributed by atoms with E-state index in [1.807, 2.05) is 84.9 Å². The summed E-state index contributed by atoms with van der Waals surface area (Å²) in [6.07, 6.45) is 0. The molecule has 0 atom stereocenters. The molecule has 2 aromatic heterocycles. The summed E-state index contributed by atoms with van der Waals surface area (Å²) in [5.41, 5.74) is 24.6. The maximum absolute atomic E-state index is 6.63. The Labute approximate surface area is 718 Å². The smallest absolute Gasteiger partial charge is 0.457 e. The first-order valence-corrected chi connectivity index (χ1v) is 41.7. The summed E-state index contributed by atoms with van der Waals surface area (Å²) in [6, 6.07) is 152. The molecule has 0 spiro atoms. The van der Waals surface area contributed by atoms with Crippen LogP contribution in [0.4, 0.5) is 0 Å². The molecule has 0 saturated carbocycles. The van der Waals surface area contributed by atoms with Gasteiger partial charge in [-0.25, -0.2) is 19.9 Å². The Morgan fingerprint density at radius 1 is 0.230 bits per heavy atom. The van der Waals surface area contributed by atoms with E-state index in [1.165, 1.54) is 33.4 Å². The lowest BCUT2D eigenvalue weighted by Gasteiger charge is -2.42. The fourth-order valence-electron chi connectivity index (χ4n) is 17.3. The molecule has 0 aliphatic carbocycles. The zero-order valence-corrected chi connectivity index (χ0v) is 68.7. The van der Waals surface area contributed by atoms with Crippen LogP contribution in [-0.2, 0) is 20.1 Å². The fraction of sp³-hybridized carbons (Fsp3) is 0.0714. The molecule has 0 bridgehead atoms. The molecule has 10 heteroatoms. The first-order valence-electron chi connectivity index (χ1n) is 41.3. The van der Waals surface area contributed by atoms with Crippen LogP contribution in [0.2, 0.25) is 5.15 Å². The minimum atomic E-state index is -0.705. The van der Waals surface area contributed by atoms with Gasteiger partial charge in [-0.05, 0) is 130 Å². The van der Waals surface area contributed by atoms with Crippen LogP contribution in [0.1, 0.15) is 72.2 Å². The molecule has 18 aromatic rings. The monoisotopic (exact) mass is 1590 g/mol. The van der Waals surface area contributed by atoms with Crippen LogP contribution in [0, 0.1) is 0 Å². The molecule has 3 aliphatic rings. The van der Waals surface area contributed by atoms with Crippen LogP contribution in [0.3, 0.4) is 0 Å². The molecule has 0 amide bonds. The average Bonchev–Trinajstić information content (AvgIpc) is 0.760. The lowest BCUT2D eigenvalue weighted by Crippen LogP contribution is -2.44. The van der Waals surface area contributed by atoms with E-state index >= 15 is 0 Å². The van der Waals surface area contributed by atoms with Crippen molar-refractivity contribution in [3.05, 3.63) is 486 Å². The quantitative estimate of drug-likeness (QED) is 0.0786. The highest BCUT2D eigenvalue weighted by atomic mass is 35.5. The third-order valence-electron chi connectivity index (χ3n) is 24.0. The van der Waals surface area contributed by atoms with Gasteiger partial charge in [0.2, 0.25) is 0 Å². The molecule has 122 heavy (non-hydrogen) atoms. The van der Waals surface area contributed by atoms with Crippen LogP contribution in [0.5, 0.6) is 23.0 Å². The number of rotatable bonds is 14. The lowest BCUT2D eigenvalue weighted by molar-refractivity contribution is 0.00578. The van der Waals surface area contributed by atoms with E-state index in [9.17, 15) is 0 Å². The fourth-order valence-corrected chi connectivity index (χ4v) is 17.5. The summed E-state index contributed by atoms with van der Waals surface area (Å²) in [6.45, 7) is 8.40. The van der Waals surface area contributed by atoms with Crippen LogP contribution < -0.4 is 14.9 Å². The number of halogens is 1. The van der Waals surface area contributed by atoms with E-state index in [0.717, 1.165) is 129 Å². The number of hydrogen-bond donors (Lipinski definition) is 0. The topological polar surface area (TPSA) is 88.5 Å². The minimum Gasteiger partial charge on any atom is -0.457 e. The largest absolute Gasteiger partial charge is 0.495 e. The van der Waals surface area contributed by atoms with Crippen molar-refractivity contribution < 1.29 is 18.8 Å². The van der Waals surface area contributed by atoms with Crippen LogP contribution in [0.15, 0.2) is 437 Å². The van der Waals surface area contributed by atoms with Gasteiger partial charge < -0.3 is 18.8 Å². The molecule has 3 aliphatic heterocycles. The van der Waals surface area contributed by atoms with Crippen molar-refractivity contribution in [1.82, 2.24) is 19.9 Å². The minimum absolute atomic E-state index is 0.430. The molecule has 1 fully saturated rings. The molecular weight excluding hydrogens is 1510 g/mol. The normalized spacial score (nSPS) is 13.9. The van der Waals surface area contributed by atoms with Gasteiger partial charge in [-0.15, -0.1) is 0 Å². The van der Waals surface area contributed by atoms with Gasteiger partial charge in [0.25, 0.3) is 0 Å². The van der Waals surface area contributed by atoms with E-state index in [0.29, 0.717) is 16.8 Å². The predicted octanol–water partition coefficient (Wildman–Crippen LogP) is 27.6. The van der Waals surface area contributed by atoms with Crippen molar-refractivity contribution in [1.29, 1.82) is 0 Å². The van der Waals surface area contributed by atoms with E-state index in [4.69, 9.17) is 45.3 Å². The zero-order valence-electron chi connectivity index (χ0n) is 67.9. The van der Waals surface area contributed by atoms with Crippen molar-refractivity contribution in [2.24, 2.45) is 0 Å². The second kappa shape index (κ2) is 33.4. The summed E-state index contributed by atoms with van der Waals surface area (Å²) in [4.78, 5) is 19.9. The van der Waals surface area contributed by atoms with Crippen molar-refractivity contribution >= 4 is 24.2 Å². The molecule has 586 valence electrons. The SMILES string of the molecule is CC1(C)OB(c2ccccc2C2(c3ccccc3)c3ccccc3Oc3ccccc32)OC1(C)C.Clc1cc(-c2ccc(-c3ccccc3)cc2)nc(-c2ccc(-c3ccccc3)cc2)n1.c1ccc(-c2ccc(-c3cc(-c4ccccc4C4(c5ccccc5)c5ccccc5Oc5ccccc54)nc(-c4ccc(-c5ccccc5)cc4)n3)cc2)cc1. The number of para-hydroxylation sites is 4. The Balaban J connectivity index is 0.000000128. The molecule has 1 saturated heterocycles. The number of benzene rings is 16. The molecule has 0 radical (unpaired) electrons. The highest BCUT2D eigenvalue weighted by Gasteiger charge is 2.55. The van der Waals surface area contributed by atoms with E-state index < -0.39 is 29.2 Å². The van der Waals surface area contributed by atoms with Gasteiger partial charge in [0.05, 0.1) is 39.1 Å². The van der Waals surface area contributed by atoms with Crippen molar-refractivity contribution in [3.8, 4) is 124 Å². The van der Waals surface area contributed by atoms with E-state index in [-0.39, 0.29) is 0 Å². The molecule has 21 rings (SSSR count). The number of aromatic nitrogens is 4. The molecular formula is C112H84BClN4O4. The molecule has 8 nitrogen and oxygen atoms in total. The zero-order chi connectivity index (χ0) is 82.6. The number of hydrogen-bond acceptors (Lipinski definition) is 8. The van der Waals surface area contributed by atoms with Gasteiger partial charge in [0.15, 0.2) is 11.6 Å². The maximum Gasteiger partial charge on any atom is 0.495 e. The summed E-state index contributed by atoms with van der Waals surface area (Å²) in [5.74, 6) is 4.68. The Bertz CT molecular complexity index is 6440. The molecule has 16 aromatic carbocycles. The first-order chi connectivity index (χ1) is 59.9. The van der Waals surface area contributed by atoms with Gasteiger partial charge in [-0.2, -0.15) is 0 Å². The van der Waals surface area contributed by atoms with Gasteiger partial charge in [-0.3, -0.25) is 0 Å². The van der Waals surface area contributed by atoms with Crippen LogP contribution >= 0.6 is 11.6 Å². The van der Waals surface area contributed by atoms with E-state index in [1.54, 1.807) is 6.07 Å². The van der Waals surface area contributed by atoms with Crippen molar-refractivity contribution in [3.63, 3.8) is 0 Å². The van der Waals surface area contributed by atoms with E-state index in [2.05, 4.69) is 378 Å². The Morgan fingerprint density at radius 3 is 0.869 bits per heavy atom. The third kappa shape index (κ3) is 14.9. The highest BCUT2D eigenvalue weighted by Crippen LogP contribution is 2.58. The molecule has 0 unspecified atom stereocenters. The lowest BCUT2D eigenvalue weighted by atomic mass is 9.59. The molecule has 5 heterocycles. The summed E-state index contributed by atoms with van der Waals surface area (Å²) in [5, 5.41) is 0.430. The van der Waals surface area contributed by atoms with Crippen LogP contribution in [0.25, 0.3) is 101 Å². The summed E-state index contributed by atoms with van der Waals surface area (Å²) in [7, 11) is -0.487. The summed E-state index contributed by atoms with van der Waals surface area (Å²) < 4.78 is 26.2. The predicted molar refractivity (Wildman–Crippen MR) is 497 cm³/mol. The number of ether oxygens (including phenoxy) is 2. The Morgan fingerprint density at radius 2 is 0.492 bits per heavy atom. The standard InChI is InChI=1S/C53H36N2O.C31H29BO3.C28H19ClN2/c1-4-16-37(17-5-1)39-28-32-41(33-29-39)48-36-49(55-52(54-48)42-34-30-40(31-35-42)38-18-6-2-7-19-38)44-22-10-11-23-45(44)53(43-20-8-3-9-21-43)46-24-12-14-26-50(46)56-51-27-15-13-25-47(51)53;1-29(2)30(3,4)35-32(34-29)26-19-11-8-16-23(26)31(22-14-6-5-7-15-22)24-17-9-12-20-27(24)33-28-21-13-10-18-25(28)31;29-27-19-26(24-15-11-22(12-16-24)20-7-3-1-4-8-20)30-28(31-27)25-17-13-23(14-18-25)21-9-5-2-6-10-21/h1-36H;5-21H,1-4H3;1-19H. The van der Waals surface area contributed by atoms with Gasteiger partial charge >= 0.3 is 7.12 Å². The van der Waals surface area contributed by atoms with Gasteiger partial charge in [-0.1, -0.05) is 412 Å². The summed E-state index contributed by atoms with van der Waals surface area (Å²) >= 11 is 6.35. The first kappa shape index (κ1) is 77.5.